The van der Waals surface area contributed by atoms with E-state index in [9.17, 15) is 22.8 Å². The normalized spacial score (nSPS) is 16.6. The van der Waals surface area contributed by atoms with Crippen LogP contribution in [0.5, 0.6) is 0 Å². The number of ether oxygens (including phenoxy) is 1. The molecule has 6 nitrogen and oxygen atoms in total. The molecule has 158 valence electrons. The van der Waals surface area contributed by atoms with Crippen LogP contribution in [0, 0.1) is 11.8 Å². The SMILES string of the molecule is CC(C)(C)OC(=O)N1CCC(NC(=O)NCC#Cc2ccc(C(F)(F)F)cc2)C1. The molecule has 0 aliphatic carbocycles. The summed E-state index contributed by atoms with van der Waals surface area (Å²) < 4.78 is 42.8. The van der Waals surface area contributed by atoms with Gasteiger partial charge in [-0.15, -0.1) is 0 Å². The highest BCUT2D eigenvalue weighted by Crippen LogP contribution is 2.28. The van der Waals surface area contributed by atoms with Gasteiger partial charge in [-0.2, -0.15) is 13.2 Å². The molecule has 1 aliphatic heterocycles. The predicted molar refractivity (Wildman–Crippen MR) is 101 cm³/mol. The molecule has 29 heavy (non-hydrogen) atoms. The number of alkyl halides is 3. The van der Waals surface area contributed by atoms with E-state index in [1.165, 1.54) is 12.1 Å². The van der Waals surface area contributed by atoms with E-state index in [1.54, 1.807) is 25.7 Å². The molecule has 1 aromatic carbocycles. The molecule has 0 aromatic heterocycles. The van der Waals surface area contributed by atoms with Gasteiger partial charge in [0, 0.05) is 24.7 Å². The highest BCUT2D eigenvalue weighted by molar-refractivity contribution is 5.75. The first-order chi connectivity index (χ1) is 13.4. The molecule has 3 amide bonds. The summed E-state index contributed by atoms with van der Waals surface area (Å²) in [7, 11) is 0. The van der Waals surface area contributed by atoms with Crippen molar-refractivity contribution in [3.05, 3.63) is 35.4 Å². The molecular weight excluding hydrogens is 387 g/mol. The number of hydrogen-bond acceptors (Lipinski definition) is 3. The summed E-state index contributed by atoms with van der Waals surface area (Å²) in [5.41, 5.74) is -0.896. The number of nitrogens with zero attached hydrogens (tertiary/aromatic N) is 1. The van der Waals surface area contributed by atoms with Crippen molar-refractivity contribution >= 4 is 12.1 Å². The predicted octanol–water partition coefficient (Wildman–Crippen LogP) is 3.37. The van der Waals surface area contributed by atoms with Gasteiger partial charge in [0.05, 0.1) is 12.1 Å². The Morgan fingerprint density at radius 1 is 1.21 bits per heavy atom. The molecule has 1 aromatic rings. The van der Waals surface area contributed by atoms with Crippen LogP contribution in [0.3, 0.4) is 0 Å². The van der Waals surface area contributed by atoms with E-state index in [2.05, 4.69) is 22.5 Å². The molecule has 1 unspecified atom stereocenters. The standard InChI is InChI=1S/C20H24F3N3O3/c1-19(2,3)29-18(28)26-12-10-16(13-26)25-17(27)24-11-4-5-14-6-8-15(9-7-14)20(21,22)23/h6-9,16H,10-13H2,1-3H3,(H2,24,25,27). The zero-order valence-corrected chi connectivity index (χ0v) is 16.5. The van der Waals surface area contributed by atoms with Crippen LogP contribution in [0.25, 0.3) is 0 Å². The smallest absolute Gasteiger partial charge is 0.416 e. The van der Waals surface area contributed by atoms with E-state index in [4.69, 9.17) is 4.74 Å². The summed E-state index contributed by atoms with van der Waals surface area (Å²) in [5, 5.41) is 5.32. The minimum absolute atomic E-state index is 0.0371. The Morgan fingerprint density at radius 3 is 2.45 bits per heavy atom. The van der Waals surface area contributed by atoms with E-state index in [0.717, 1.165) is 12.1 Å². The van der Waals surface area contributed by atoms with Crippen LogP contribution in [0.15, 0.2) is 24.3 Å². The lowest BCUT2D eigenvalue weighted by atomic mass is 10.1. The molecule has 0 bridgehead atoms. The monoisotopic (exact) mass is 411 g/mol. The second-order valence-corrected chi connectivity index (χ2v) is 7.62. The van der Waals surface area contributed by atoms with E-state index < -0.39 is 29.5 Å². The summed E-state index contributed by atoms with van der Waals surface area (Å²) in [6.07, 6.45) is -4.18. The molecule has 0 saturated carbocycles. The lowest BCUT2D eigenvalue weighted by Crippen LogP contribution is -2.44. The second kappa shape index (κ2) is 9.07. The highest BCUT2D eigenvalue weighted by atomic mass is 19.4. The average Bonchev–Trinajstić information content (AvgIpc) is 3.05. The number of carbonyl (C=O) groups excluding carboxylic acids is 2. The summed E-state index contributed by atoms with van der Waals surface area (Å²) in [5.74, 6) is 5.37. The third kappa shape index (κ3) is 7.56. The minimum atomic E-state index is -4.38. The third-order valence-electron chi connectivity index (χ3n) is 3.96. The van der Waals surface area contributed by atoms with Gasteiger partial charge in [0.15, 0.2) is 0 Å². The topological polar surface area (TPSA) is 70.7 Å². The van der Waals surface area contributed by atoms with Gasteiger partial charge >= 0.3 is 18.3 Å². The fourth-order valence-corrected chi connectivity index (χ4v) is 2.62. The molecule has 1 heterocycles. The molecule has 1 aliphatic rings. The number of urea groups is 1. The van der Waals surface area contributed by atoms with Gasteiger partial charge in [-0.25, -0.2) is 9.59 Å². The van der Waals surface area contributed by atoms with Gasteiger partial charge in [0.25, 0.3) is 0 Å². The first-order valence-corrected chi connectivity index (χ1v) is 9.12. The zero-order valence-electron chi connectivity index (χ0n) is 16.5. The number of likely N-dealkylation sites (tertiary alicyclic amines) is 1. The quantitative estimate of drug-likeness (QED) is 0.734. The highest BCUT2D eigenvalue weighted by Gasteiger charge is 2.31. The van der Waals surface area contributed by atoms with Crippen LogP contribution in [-0.2, 0) is 10.9 Å². The van der Waals surface area contributed by atoms with Crippen molar-refractivity contribution in [3.63, 3.8) is 0 Å². The molecule has 2 rings (SSSR count). The Hall–Kier alpha value is -2.89. The lowest BCUT2D eigenvalue weighted by Gasteiger charge is -2.24. The maximum Gasteiger partial charge on any atom is 0.416 e. The van der Waals surface area contributed by atoms with E-state index in [0.29, 0.717) is 25.1 Å². The second-order valence-electron chi connectivity index (χ2n) is 7.62. The maximum atomic E-state index is 12.5. The number of amides is 3. The lowest BCUT2D eigenvalue weighted by molar-refractivity contribution is -0.137. The number of rotatable bonds is 2. The number of hydrogen-bond donors (Lipinski definition) is 2. The molecular formula is C20H24F3N3O3. The summed E-state index contributed by atoms with van der Waals surface area (Å²) >= 11 is 0. The van der Waals surface area contributed by atoms with Crippen molar-refractivity contribution < 1.29 is 27.5 Å². The Kier molecular flexibility index (Phi) is 7.01. The Labute approximate surface area is 167 Å². The van der Waals surface area contributed by atoms with E-state index in [-0.39, 0.29) is 12.6 Å². The largest absolute Gasteiger partial charge is 0.444 e. The Balaban J connectivity index is 1.73. The van der Waals surface area contributed by atoms with Crippen molar-refractivity contribution in [1.82, 2.24) is 15.5 Å². The molecule has 1 saturated heterocycles. The maximum absolute atomic E-state index is 12.5. The van der Waals surface area contributed by atoms with Crippen molar-refractivity contribution in [2.24, 2.45) is 0 Å². The van der Waals surface area contributed by atoms with Gasteiger partial charge in [-0.1, -0.05) is 11.8 Å². The number of benzene rings is 1. The first kappa shape index (κ1) is 22.4. The van der Waals surface area contributed by atoms with E-state index >= 15 is 0 Å². The first-order valence-electron chi connectivity index (χ1n) is 9.12. The molecule has 1 fully saturated rings. The molecule has 0 radical (unpaired) electrons. The van der Waals surface area contributed by atoms with Gasteiger partial charge in [-0.3, -0.25) is 0 Å². The van der Waals surface area contributed by atoms with Crippen LogP contribution in [0.2, 0.25) is 0 Å². The van der Waals surface area contributed by atoms with Crippen LogP contribution in [-0.4, -0.2) is 48.3 Å². The number of carbonyl (C=O) groups is 2. The van der Waals surface area contributed by atoms with Crippen molar-refractivity contribution in [1.29, 1.82) is 0 Å². The van der Waals surface area contributed by atoms with Crippen molar-refractivity contribution in [3.8, 4) is 11.8 Å². The third-order valence-corrected chi connectivity index (χ3v) is 3.96. The summed E-state index contributed by atoms with van der Waals surface area (Å²) in [6, 6.07) is 3.86. The Bertz CT molecular complexity index is 790. The Morgan fingerprint density at radius 2 is 1.86 bits per heavy atom. The van der Waals surface area contributed by atoms with Crippen LogP contribution >= 0.6 is 0 Å². The van der Waals surface area contributed by atoms with Gasteiger partial charge in [0.2, 0.25) is 0 Å². The van der Waals surface area contributed by atoms with Crippen LogP contribution in [0.4, 0.5) is 22.8 Å². The number of halogens is 3. The van der Waals surface area contributed by atoms with E-state index in [1.807, 2.05) is 0 Å². The molecule has 2 N–H and O–H groups in total. The summed E-state index contributed by atoms with van der Waals surface area (Å²) in [4.78, 5) is 25.5. The fourth-order valence-electron chi connectivity index (χ4n) is 2.62. The van der Waals surface area contributed by atoms with Crippen LogP contribution in [0.1, 0.15) is 38.3 Å². The summed E-state index contributed by atoms with van der Waals surface area (Å²) in [6.45, 7) is 6.25. The fraction of sp³-hybridized carbons (Fsp3) is 0.500. The molecule has 0 spiro atoms. The van der Waals surface area contributed by atoms with Crippen LogP contribution < -0.4 is 10.6 Å². The van der Waals surface area contributed by atoms with Gasteiger partial charge < -0.3 is 20.3 Å². The number of nitrogens with one attached hydrogen (secondary N) is 2. The zero-order chi connectivity index (χ0) is 21.7. The average molecular weight is 411 g/mol. The van der Waals surface area contributed by atoms with Gasteiger partial charge in [0.1, 0.15) is 5.60 Å². The minimum Gasteiger partial charge on any atom is -0.444 e. The van der Waals surface area contributed by atoms with Gasteiger partial charge in [-0.05, 0) is 51.5 Å². The molecule has 1 atom stereocenters. The molecule has 9 heteroatoms. The van der Waals surface area contributed by atoms with Crippen molar-refractivity contribution in [2.75, 3.05) is 19.6 Å². The van der Waals surface area contributed by atoms with Crippen molar-refractivity contribution in [2.45, 2.75) is 45.0 Å².